The number of hydrogen-bond acceptors (Lipinski definition) is 3. The second kappa shape index (κ2) is 6.55. The molecule has 1 unspecified atom stereocenters. The fourth-order valence-electron chi connectivity index (χ4n) is 3.20. The van der Waals surface area contributed by atoms with Gasteiger partial charge in [-0.05, 0) is 45.0 Å². The third-order valence-corrected chi connectivity index (χ3v) is 4.25. The molecule has 0 bridgehead atoms. The van der Waals surface area contributed by atoms with Gasteiger partial charge in [0.2, 0.25) is 0 Å². The van der Waals surface area contributed by atoms with Crippen molar-refractivity contribution in [3.63, 3.8) is 0 Å². The molecule has 0 saturated carbocycles. The lowest BCUT2D eigenvalue weighted by Gasteiger charge is -2.30. The van der Waals surface area contributed by atoms with Crippen molar-refractivity contribution in [2.24, 2.45) is 0 Å². The third-order valence-electron chi connectivity index (χ3n) is 4.25. The van der Waals surface area contributed by atoms with E-state index in [9.17, 15) is 9.50 Å². The number of likely N-dealkylation sites (N-methyl/N-ethyl adjacent to an activating group) is 2. The third kappa shape index (κ3) is 3.13. The highest BCUT2D eigenvalue weighted by atomic mass is 19.1. The van der Waals surface area contributed by atoms with Crippen LogP contribution in [0, 0.1) is 5.82 Å². The van der Waals surface area contributed by atoms with Gasteiger partial charge in [0.15, 0.2) is 0 Å². The number of hydrogen-bond donors (Lipinski definition) is 1. The fraction of sp³-hybridized carbons (Fsp3) is 0.625. The summed E-state index contributed by atoms with van der Waals surface area (Å²) in [5, 5.41) is 9.82. The zero-order valence-electron chi connectivity index (χ0n) is 12.6. The topological polar surface area (TPSA) is 26.7 Å². The fourth-order valence-corrected chi connectivity index (χ4v) is 3.20. The van der Waals surface area contributed by atoms with E-state index in [1.54, 1.807) is 13.0 Å². The van der Waals surface area contributed by atoms with Crippen molar-refractivity contribution in [1.29, 1.82) is 0 Å². The molecule has 0 aromatic heterocycles. The number of benzene rings is 1. The highest BCUT2D eigenvalue weighted by Gasteiger charge is 2.25. The van der Waals surface area contributed by atoms with Crippen LogP contribution >= 0.6 is 0 Å². The smallest absolute Gasteiger partial charge is 0.131 e. The molecule has 0 aliphatic carbocycles. The van der Waals surface area contributed by atoms with Gasteiger partial charge < -0.3 is 10.0 Å². The van der Waals surface area contributed by atoms with E-state index in [1.807, 2.05) is 13.1 Å². The van der Waals surface area contributed by atoms with Crippen molar-refractivity contribution < 1.29 is 9.50 Å². The predicted molar refractivity (Wildman–Crippen MR) is 80.6 cm³/mol. The van der Waals surface area contributed by atoms with Crippen LogP contribution in [0.25, 0.3) is 0 Å². The maximum absolute atomic E-state index is 13.9. The van der Waals surface area contributed by atoms with E-state index >= 15 is 0 Å². The number of aliphatic hydroxyl groups excluding tert-OH is 1. The molecule has 3 nitrogen and oxygen atoms in total. The Labute approximate surface area is 121 Å². The molecule has 1 fully saturated rings. The molecule has 0 radical (unpaired) electrons. The molecule has 1 N–H and O–H groups in total. The van der Waals surface area contributed by atoms with Gasteiger partial charge in [0.1, 0.15) is 5.82 Å². The largest absolute Gasteiger partial charge is 0.389 e. The highest BCUT2D eigenvalue weighted by molar-refractivity contribution is 5.54. The van der Waals surface area contributed by atoms with Crippen LogP contribution in [0.5, 0.6) is 0 Å². The Morgan fingerprint density at radius 3 is 2.90 bits per heavy atom. The van der Waals surface area contributed by atoms with Crippen LogP contribution in [0.2, 0.25) is 0 Å². The SMILES string of the molecule is CCN1CCCC1CN(C)c1cccc(F)c1[C@@H](C)O. The van der Waals surface area contributed by atoms with Gasteiger partial charge in [0, 0.05) is 30.9 Å². The molecular weight excluding hydrogens is 255 g/mol. The van der Waals surface area contributed by atoms with Gasteiger partial charge in [-0.15, -0.1) is 0 Å². The second-order valence-corrected chi connectivity index (χ2v) is 5.65. The van der Waals surface area contributed by atoms with Crippen LogP contribution in [0.15, 0.2) is 18.2 Å². The number of rotatable bonds is 5. The van der Waals surface area contributed by atoms with Crippen LogP contribution in [0.4, 0.5) is 10.1 Å². The van der Waals surface area contributed by atoms with E-state index in [2.05, 4.69) is 16.7 Å². The number of anilines is 1. The summed E-state index contributed by atoms with van der Waals surface area (Å²) in [7, 11) is 1.98. The van der Waals surface area contributed by atoms with Crippen molar-refractivity contribution in [3.8, 4) is 0 Å². The number of likely N-dealkylation sites (tertiary alicyclic amines) is 1. The first-order valence-corrected chi connectivity index (χ1v) is 7.46. The molecule has 2 atom stereocenters. The Morgan fingerprint density at radius 1 is 1.50 bits per heavy atom. The lowest BCUT2D eigenvalue weighted by molar-refractivity contribution is 0.194. The minimum atomic E-state index is -0.792. The first-order chi connectivity index (χ1) is 9.54. The van der Waals surface area contributed by atoms with Crippen molar-refractivity contribution >= 4 is 5.69 Å². The van der Waals surface area contributed by atoms with Crippen LogP contribution in [-0.2, 0) is 0 Å². The minimum absolute atomic E-state index is 0.330. The monoisotopic (exact) mass is 280 g/mol. The minimum Gasteiger partial charge on any atom is -0.389 e. The Hall–Kier alpha value is -1.13. The zero-order chi connectivity index (χ0) is 14.7. The predicted octanol–water partition coefficient (Wildman–Crippen LogP) is 2.80. The normalized spacial score (nSPS) is 21.1. The molecule has 4 heteroatoms. The summed E-state index contributed by atoms with van der Waals surface area (Å²) >= 11 is 0. The molecule has 1 aromatic carbocycles. The summed E-state index contributed by atoms with van der Waals surface area (Å²) in [4.78, 5) is 4.54. The van der Waals surface area contributed by atoms with Gasteiger partial charge in [-0.1, -0.05) is 13.0 Å². The van der Waals surface area contributed by atoms with Crippen LogP contribution in [0.1, 0.15) is 38.4 Å². The van der Waals surface area contributed by atoms with Gasteiger partial charge in [-0.2, -0.15) is 0 Å². The summed E-state index contributed by atoms with van der Waals surface area (Å²) in [6.07, 6.45) is 1.63. The van der Waals surface area contributed by atoms with Gasteiger partial charge in [-0.3, -0.25) is 4.90 Å². The first kappa shape index (κ1) is 15.3. The molecule has 20 heavy (non-hydrogen) atoms. The number of aliphatic hydroxyl groups is 1. The molecule has 2 rings (SSSR count). The first-order valence-electron chi connectivity index (χ1n) is 7.46. The van der Waals surface area contributed by atoms with Gasteiger partial charge in [0.25, 0.3) is 0 Å². The summed E-state index contributed by atoms with van der Waals surface area (Å²) < 4.78 is 13.9. The van der Waals surface area contributed by atoms with E-state index in [-0.39, 0.29) is 5.82 Å². The van der Waals surface area contributed by atoms with E-state index in [0.29, 0.717) is 11.6 Å². The number of halogens is 1. The maximum Gasteiger partial charge on any atom is 0.131 e. The Bertz CT molecular complexity index is 450. The summed E-state index contributed by atoms with van der Waals surface area (Å²) in [5.74, 6) is -0.330. The van der Waals surface area contributed by atoms with Gasteiger partial charge in [-0.25, -0.2) is 4.39 Å². The molecular formula is C16H25FN2O. The summed E-state index contributed by atoms with van der Waals surface area (Å²) in [5.41, 5.74) is 1.19. The lowest BCUT2D eigenvalue weighted by atomic mass is 10.1. The van der Waals surface area contributed by atoms with E-state index in [0.717, 1.165) is 25.3 Å². The molecule has 112 valence electrons. The van der Waals surface area contributed by atoms with Gasteiger partial charge in [0.05, 0.1) is 6.10 Å². The second-order valence-electron chi connectivity index (χ2n) is 5.65. The molecule has 1 aliphatic rings. The van der Waals surface area contributed by atoms with Crippen LogP contribution in [0.3, 0.4) is 0 Å². The Morgan fingerprint density at radius 2 is 2.25 bits per heavy atom. The Kier molecular flexibility index (Phi) is 5.00. The van der Waals surface area contributed by atoms with Crippen LogP contribution < -0.4 is 4.90 Å². The molecule has 1 aromatic rings. The average Bonchev–Trinajstić information content (AvgIpc) is 2.85. The van der Waals surface area contributed by atoms with Crippen molar-refractivity contribution in [3.05, 3.63) is 29.6 Å². The van der Waals surface area contributed by atoms with Crippen molar-refractivity contribution in [2.45, 2.75) is 38.8 Å². The summed E-state index contributed by atoms with van der Waals surface area (Å²) in [6, 6.07) is 5.53. The maximum atomic E-state index is 13.9. The highest BCUT2D eigenvalue weighted by Crippen LogP contribution is 2.29. The number of nitrogens with zero attached hydrogens (tertiary/aromatic N) is 2. The van der Waals surface area contributed by atoms with E-state index in [4.69, 9.17) is 0 Å². The standard InChI is InChI=1S/C16H25FN2O/c1-4-19-10-6-7-13(19)11-18(3)15-9-5-8-14(17)16(15)12(2)20/h5,8-9,12-13,20H,4,6-7,10-11H2,1-3H3/t12-,13?/m1/s1. The molecule has 1 heterocycles. The zero-order valence-corrected chi connectivity index (χ0v) is 12.6. The molecule has 0 amide bonds. The molecule has 1 aliphatic heterocycles. The van der Waals surface area contributed by atoms with E-state index in [1.165, 1.54) is 18.9 Å². The van der Waals surface area contributed by atoms with Crippen molar-refractivity contribution in [1.82, 2.24) is 4.90 Å². The van der Waals surface area contributed by atoms with Crippen LogP contribution in [-0.4, -0.2) is 42.7 Å². The average molecular weight is 280 g/mol. The van der Waals surface area contributed by atoms with Crippen molar-refractivity contribution in [2.75, 3.05) is 31.6 Å². The molecule has 1 saturated heterocycles. The summed E-state index contributed by atoms with van der Waals surface area (Å²) in [6.45, 7) is 6.88. The van der Waals surface area contributed by atoms with E-state index < -0.39 is 6.10 Å². The Balaban J connectivity index is 2.17. The quantitative estimate of drug-likeness (QED) is 0.898. The van der Waals surface area contributed by atoms with Gasteiger partial charge >= 0.3 is 0 Å². The molecule has 0 spiro atoms. The lowest BCUT2D eigenvalue weighted by Crippen LogP contribution is -2.39.